The van der Waals surface area contributed by atoms with Crippen LogP contribution in [-0.4, -0.2) is 49.6 Å². The second-order valence-electron chi connectivity index (χ2n) is 5.56. The number of anilines is 1. The minimum absolute atomic E-state index is 0.534. The largest absolute Gasteiger partial charge is 0.400 e. The van der Waals surface area contributed by atoms with Crippen molar-refractivity contribution in [1.82, 2.24) is 9.80 Å². The van der Waals surface area contributed by atoms with Crippen molar-refractivity contribution in [3.63, 3.8) is 0 Å². The van der Waals surface area contributed by atoms with Crippen molar-refractivity contribution in [2.24, 2.45) is 17.3 Å². The van der Waals surface area contributed by atoms with E-state index < -0.39 is 0 Å². The van der Waals surface area contributed by atoms with Crippen LogP contribution in [0.15, 0.2) is 36.2 Å². The van der Waals surface area contributed by atoms with Crippen LogP contribution in [0.2, 0.25) is 0 Å². The third kappa shape index (κ3) is 4.71. The summed E-state index contributed by atoms with van der Waals surface area (Å²) < 4.78 is 0. The molecule has 2 rings (SSSR count). The second kappa shape index (κ2) is 7.42. The number of hydrogen-bond donors (Lipinski definition) is 3. The van der Waals surface area contributed by atoms with E-state index in [1.165, 1.54) is 0 Å². The van der Waals surface area contributed by atoms with E-state index in [9.17, 15) is 0 Å². The molecular formula is C15H26N6. The molecule has 1 aliphatic heterocycles. The van der Waals surface area contributed by atoms with Crippen LogP contribution in [-0.2, 0) is 6.54 Å². The standard InChI is InChI=1S/C15H26N6/c1-19-6-8-20(9-7-19)11-14(17)12-21(18)15-4-2-13(10-16)3-5-15/h2-5,12H,6-11,16-18H2,1H3/b14-12-. The summed E-state index contributed by atoms with van der Waals surface area (Å²) in [5.41, 5.74) is 14.4. The first-order valence-corrected chi connectivity index (χ1v) is 7.28. The first-order valence-electron chi connectivity index (χ1n) is 7.28. The SMILES string of the molecule is CN1CCN(C/C(N)=C/N(N)c2ccc(CN)cc2)CC1. The number of hydrogen-bond acceptors (Lipinski definition) is 6. The van der Waals surface area contributed by atoms with Crippen LogP contribution in [0.5, 0.6) is 0 Å². The van der Waals surface area contributed by atoms with Gasteiger partial charge in [0.1, 0.15) is 0 Å². The zero-order valence-corrected chi connectivity index (χ0v) is 12.7. The van der Waals surface area contributed by atoms with Crippen LogP contribution in [0.4, 0.5) is 5.69 Å². The Hall–Kier alpha value is -1.60. The number of rotatable bonds is 5. The molecule has 1 fully saturated rings. The second-order valence-corrected chi connectivity index (χ2v) is 5.56. The fourth-order valence-corrected chi connectivity index (χ4v) is 2.36. The predicted molar refractivity (Wildman–Crippen MR) is 87.2 cm³/mol. The van der Waals surface area contributed by atoms with Gasteiger partial charge in [-0.1, -0.05) is 12.1 Å². The molecule has 0 spiro atoms. The number of likely N-dealkylation sites (N-methyl/N-ethyl adjacent to an activating group) is 1. The molecule has 0 atom stereocenters. The zero-order valence-electron chi connectivity index (χ0n) is 12.7. The van der Waals surface area contributed by atoms with Crippen molar-refractivity contribution in [2.45, 2.75) is 6.54 Å². The highest BCUT2D eigenvalue weighted by atomic mass is 15.4. The molecular weight excluding hydrogens is 264 g/mol. The van der Waals surface area contributed by atoms with E-state index in [0.717, 1.165) is 49.7 Å². The van der Waals surface area contributed by atoms with Gasteiger partial charge in [0.25, 0.3) is 0 Å². The van der Waals surface area contributed by atoms with Gasteiger partial charge in [-0.15, -0.1) is 0 Å². The van der Waals surface area contributed by atoms with E-state index in [1.807, 2.05) is 24.3 Å². The Morgan fingerprint density at radius 3 is 2.38 bits per heavy atom. The maximum absolute atomic E-state index is 6.10. The summed E-state index contributed by atoms with van der Waals surface area (Å²) in [5.74, 6) is 6.03. The lowest BCUT2D eigenvalue weighted by atomic mass is 10.2. The van der Waals surface area contributed by atoms with Gasteiger partial charge in [-0.3, -0.25) is 9.91 Å². The van der Waals surface area contributed by atoms with Gasteiger partial charge in [-0.2, -0.15) is 0 Å². The first-order chi connectivity index (χ1) is 10.1. The lowest BCUT2D eigenvalue weighted by Gasteiger charge is -2.32. The van der Waals surface area contributed by atoms with E-state index in [0.29, 0.717) is 6.54 Å². The molecule has 0 saturated carbocycles. The first kappa shape index (κ1) is 15.8. The molecule has 1 saturated heterocycles. The maximum Gasteiger partial charge on any atom is 0.0569 e. The summed E-state index contributed by atoms with van der Waals surface area (Å²) >= 11 is 0. The van der Waals surface area contributed by atoms with E-state index in [1.54, 1.807) is 11.2 Å². The molecule has 1 heterocycles. The molecule has 1 aromatic carbocycles. The molecule has 6 heteroatoms. The monoisotopic (exact) mass is 290 g/mol. The number of nitrogens with two attached hydrogens (primary N) is 3. The van der Waals surface area contributed by atoms with Gasteiger partial charge < -0.3 is 16.4 Å². The van der Waals surface area contributed by atoms with E-state index in [-0.39, 0.29) is 0 Å². The quantitative estimate of drug-likeness (QED) is 0.517. The van der Waals surface area contributed by atoms with Gasteiger partial charge in [0, 0.05) is 51.2 Å². The van der Waals surface area contributed by atoms with E-state index >= 15 is 0 Å². The summed E-state index contributed by atoms with van der Waals surface area (Å²) in [6, 6.07) is 7.84. The average molecular weight is 290 g/mol. The van der Waals surface area contributed by atoms with Crippen molar-refractivity contribution >= 4 is 5.69 Å². The smallest absolute Gasteiger partial charge is 0.0569 e. The molecule has 0 radical (unpaired) electrons. The van der Waals surface area contributed by atoms with Crippen molar-refractivity contribution in [2.75, 3.05) is 44.8 Å². The molecule has 0 aliphatic carbocycles. The lowest BCUT2D eigenvalue weighted by molar-refractivity contribution is 0.163. The molecule has 0 aromatic heterocycles. The van der Waals surface area contributed by atoms with Crippen molar-refractivity contribution in [3.8, 4) is 0 Å². The Kier molecular flexibility index (Phi) is 5.58. The Morgan fingerprint density at radius 2 is 1.81 bits per heavy atom. The maximum atomic E-state index is 6.10. The highest BCUT2D eigenvalue weighted by Gasteiger charge is 2.14. The number of benzene rings is 1. The van der Waals surface area contributed by atoms with Crippen LogP contribution in [0.3, 0.4) is 0 Å². The van der Waals surface area contributed by atoms with Gasteiger partial charge in [-0.05, 0) is 24.7 Å². The summed E-state index contributed by atoms with van der Waals surface area (Å²) in [5, 5.41) is 1.56. The minimum Gasteiger partial charge on any atom is -0.400 e. The Bertz CT molecular complexity index is 462. The molecule has 116 valence electrons. The summed E-state index contributed by atoms with van der Waals surface area (Å²) in [6.45, 7) is 5.54. The van der Waals surface area contributed by atoms with Gasteiger partial charge in [-0.25, -0.2) is 5.84 Å². The molecule has 6 nitrogen and oxygen atoms in total. The molecule has 1 aliphatic rings. The van der Waals surface area contributed by atoms with Crippen LogP contribution in [0, 0.1) is 0 Å². The zero-order chi connectivity index (χ0) is 15.2. The summed E-state index contributed by atoms with van der Waals surface area (Å²) in [7, 11) is 2.14. The van der Waals surface area contributed by atoms with Crippen LogP contribution < -0.4 is 22.3 Å². The number of piperazine rings is 1. The average Bonchev–Trinajstić information content (AvgIpc) is 2.49. The molecule has 21 heavy (non-hydrogen) atoms. The van der Waals surface area contributed by atoms with Crippen molar-refractivity contribution < 1.29 is 0 Å². The van der Waals surface area contributed by atoms with E-state index in [2.05, 4.69) is 16.8 Å². The van der Waals surface area contributed by atoms with Crippen molar-refractivity contribution in [3.05, 3.63) is 41.7 Å². The number of nitrogens with zero attached hydrogens (tertiary/aromatic N) is 3. The van der Waals surface area contributed by atoms with Crippen LogP contribution in [0.1, 0.15) is 5.56 Å². The van der Waals surface area contributed by atoms with Gasteiger partial charge in [0.15, 0.2) is 0 Å². The molecule has 6 N–H and O–H groups in total. The van der Waals surface area contributed by atoms with Crippen LogP contribution >= 0.6 is 0 Å². The fourth-order valence-electron chi connectivity index (χ4n) is 2.36. The van der Waals surface area contributed by atoms with Gasteiger partial charge in [0.05, 0.1) is 5.69 Å². The molecule has 1 aromatic rings. The number of hydrazine groups is 1. The van der Waals surface area contributed by atoms with Crippen molar-refractivity contribution in [1.29, 1.82) is 0 Å². The normalized spacial score (nSPS) is 18.0. The Morgan fingerprint density at radius 1 is 1.19 bits per heavy atom. The van der Waals surface area contributed by atoms with E-state index in [4.69, 9.17) is 17.3 Å². The van der Waals surface area contributed by atoms with Crippen LogP contribution in [0.25, 0.3) is 0 Å². The van der Waals surface area contributed by atoms with Gasteiger partial charge in [0.2, 0.25) is 0 Å². The molecule has 0 bridgehead atoms. The fraction of sp³-hybridized carbons (Fsp3) is 0.467. The summed E-state index contributed by atoms with van der Waals surface area (Å²) in [6.07, 6.45) is 1.79. The third-order valence-corrected chi connectivity index (χ3v) is 3.78. The Labute approximate surface area is 126 Å². The summed E-state index contributed by atoms with van der Waals surface area (Å²) in [4.78, 5) is 4.67. The topological polar surface area (TPSA) is 87.8 Å². The predicted octanol–water partition coefficient (Wildman–Crippen LogP) is -0.127. The highest BCUT2D eigenvalue weighted by molar-refractivity contribution is 5.49. The Balaban J connectivity index is 1.90. The minimum atomic E-state index is 0.534. The van der Waals surface area contributed by atoms with Gasteiger partial charge >= 0.3 is 0 Å². The lowest BCUT2D eigenvalue weighted by Crippen LogP contribution is -2.45. The molecule has 0 amide bonds. The third-order valence-electron chi connectivity index (χ3n) is 3.78. The molecule has 0 unspecified atom stereocenters. The highest BCUT2D eigenvalue weighted by Crippen LogP contribution is 2.13.